The Labute approximate surface area is 142 Å². The maximum absolute atomic E-state index is 11.8. The van der Waals surface area contributed by atoms with E-state index >= 15 is 0 Å². The first kappa shape index (κ1) is 19.1. The van der Waals surface area contributed by atoms with Crippen LogP contribution in [0.2, 0.25) is 0 Å². The van der Waals surface area contributed by atoms with Gasteiger partial charge in [-0.1, -0.05) is 15.9 Å². The average Bonchev–Trinajstić information content (AvgIpc) is 2.40. The van der Waals surface area contributed by atoms with Crippen LogP contribution in [0.25, 0.3) is 0 Å². The Morgan fingerprint density at radius 2 is 1.96 bits per heavy atom. The van der Waals surface area contributed by atoms with Gasteiger partial charge < -0.3 is 25.0 Å². The van der Waals surface area contributed by atoms with Gasteiger partial charge in [0.1, 0.15) is 11.6 Å². The van der Waals surface area contributed by atoms with Crippen molar-refractivity contribution in [2.75, 3.05) is 7.11 Å². The third-order valence-electron chi connectivity index (χ3n) is 2.81. The van der Waals surface area contributed by atoms with Gasteiger partial charge in [0.05, 0.1) is 7.11 Å². The summed E-state index contributed by atoms with van der Waals surface area (Å²) in [6.45, 7) is 5.02. The number of hydrogen-bond acceptors (Lipinski definition) is 5. The highest BCUT2D eigenvalue weighted by molar-refractivity contribution is 9.10. The summed E-state index contributed by atoms with van der Waals surface area (Å²) < 4.78 is 10.6. The van der Waals surface area contributed by atoms with Gasteiger partial charge in [-0.3, -0.25) is 0 Å². The third-order valence-corrected chi connectivity index (χ3v) is 3.55. The van der Waals surface area contributed by atoms with E-state index in [1.165, 1.54) is 7.11 Å². The number of hydrogen-bond donors (Lipinski definition) is 3. The maximum Gasteiger partial charge on any atom is 0.408 e. The average molecular weight is 390 g/mol. The molecule has 0 aliphatic heterocycles. The number of halogens is 1. The number of phenols is 1. The van der Waals surface area contributed by atoms with E-state index in [1.807, 2.05) is 0 Å². The number of carbonyl (C=O) groups excluding carboxylic acids is 1. The molecule has 0 spiro atoms. The van der Waals surface area contributed by atoms with E-state index in [0.29, 0.717) is 10.0 Å². The summed E-state index contributed by atoms with van der Waals surface area (Å²) in [4.78, 5) is 23.1. The first-order chi connectivity index (χ1) is 10.5. The summed E-state index contributed by atoms with van der Waals surface area (Å²) in [5, 5.41) is 21.7. The number of benzene rings is 1. The van der Waals surface area contributed by atoms with Gasteiger partial charge in [0, 0.05) is 16.5 Å². The van der Waals surface area contributed by atoms with Gasteiger partial charge in [0.25, 0.3) is 0 Å². The molecular weight excluding hydrogens is 370 g/mol. The number of amides is 1. The van der Waals surface area contributed by atoms with Crippen LogP contribution in [-0.2, 0) is 16.0 Å². The molecule has 1 unspecified atom stereocenters. The Kier molecular flexibility index (Phi) is 6.26. The molecule has 0 aliphatic carbocycles. The lowest BCUT2D eigenvalue weighted by molar-refractivity contribution is -0.139. The van der Waals surface area contributed by atoms with Gasteiger partial charge in [-0.15, -0.1) is 0 Å². The molecular formula is C15H20BrNO6. The first-order valence-corrected chi connectivity index (χ1v) is 7.61. The number of nitrogens with one attached hydrogen (secondary N) is 1. The number of carbonyl (C=O) groups is 2. The molecule has 1 aromatic rings. The second kappa shape index (κ2) is 7.54. The van der Waals surface area contributed by atoms with Crippen LogP contribution in [0.4, 0.5) is 4.79 Å². The first-order valence-electron chi connectivity index (χ1n) is 6.81. The minimum Gasteiger partial charge on any atom is -0.504 e. The number of aliphatic carboxylic acids is 1. The van der Waals surface area contributed by atoms with Crippen LogP contribution in [0.1, 0.15) is 26.3 Å². The van der Waals surface area contributed by atoms with Crippen LogP contribution >= 0.6 is 15.9 Å². The second-order valence-corrected chi connectivity index (χ2v) is 6.67. The molecule has 1 aromatic carbocycles. The molecule has 1 atom stereocenters. The topological polar surface area (TPSA) is 105 Å². The fourth-order valence-corrected chi connectivity index (χ4v) is 2.28. The molecule has 0 bridgehead atoms. The summed E-state index contributed by atoms with van der Waals surface area (Å²) in [6.07, 6.45) is -0.985. The lowest BCUT2D eigenvalue weighted by Crippen LogP contribution is -2.44. The van der Waals surface area contributed by atoms with E-state index in [0.717, 1.165) is 0 Å². The van der Waals surface area contributed by atoms with Gasteiger partial charge in [-0.05, 0) is 32.9 Å². The van der Waals surface area contributed by atoms with Crippen molar-refractivity contribution < 1.29 is 29.3 Å². The highest BCUT2D eigenvalue weighted by Gasteiger charge is 2.26. The Morgan fingerprint density at radius 1 is 1.35 bits per heavy atom. The monoisotopic (exact) mass is 389 g/mol. The summed E-state index contributed by atoms with van der Waals surface area (Å²) in [5.41, 5.74) is -0.431. The smallest absolute Gasteiger partial charge is 0.408 e. The van der Waals surface area contributed by atoms with Crippen LogP contribution in [0.3, 0.4) is 0 Å². The molecule has 1 amide bonds. The number of methoxy groups -OCH3 is 1. The fourth-order valence-electron chi connectivity index (χ4n) is 1.80. The zero-order chi connectivity index (χ0) is 17.8. The molecule has 0 aliphatic rings. The van der Waals surface area contributed by atoms with Crippen molar-refractivity contribution in [3.63, 3.8) is 0 Å². The SMILES string of the molecule is COc1ccc(Br)c(CC(NC(=O)OC(C)(C)C)C(=O)O)c1O. The predicted octanol–water partition coefficient (Wildman–Crippen LogP) is 2.68. The molecule has 0 fully saturated rings. The van der Waals surface area contributed by atoms with Crippen molar-refractivity contribution in [2.45, 2.75) is 38.8 Å². The minimum atomic E-state index is -1.26. The van der Waals surface area contributed by atoms with Crippen molar-refractivity contribution in [1.82, 2.24) is 5.32 Å². The van der Waals surface area contributed by atoms with Crippen molar-refractivity contribution in [2.24, 2.45) is 0 Å². The molecule has 7 nitrogen and oxygen atoms in total. The van der Waals surface area contributed by atoms with Gasteiger partial charge in [-0.25, -0.2) is 9.59 Å². The molecule has 0 saturated carbocycles. The normalized spacial score (nSPS) is 12.4. The van der Waals surface area contributed by atoms with Crippen LogP contribution in [-0.4, -0.2) is 41.0 Å². The van der Waals surface area contributed by atoms with Gasteiger partial charge >= 0.3 is 12.1 Å². The van der Waals surface area contributed by atoms with E-state index in [9.17, 15) is 19.8 Å². The molecule has 23 heavy (non-hydrogen) atoms. The van der Waals surface area contributed by atoms with Crippen LogP contribution < -0.4 is 10.1 Å². The fraction of sp³-hybridized carbons (Fsp3) is 0.467. The third kappa shape index (κ3) is 5.63. The molecule has 0 aromatic heterocycles. The zero-order valence-electron chi connectivity index (χ0n) is 13.3. The molecule has 1 rings (SSSR count). The number of rotatable bonds is 5. The summed E-state index contributed by atoms with van der Waals surface area (Å²) >= 11 is 3.25. The number of phenolic OH excluding ortho intramolecular Hbond substituents is 1. The van der Waals surface area contributed by atoms with E-state index < -0.39 is 23.7 Å². The van der Waals surface area contributed by atoms with Crippen LogP contribution in [0.5, 0.6) is 11.5 Å². The Morgan fingerprint density at radius 3 is 2.43 bits per heavy atom. The molecule has 128 valence electrons. The van der Waals surface area contributed by atoms with E-state index in [2.05, 4.69) is 21.2 Å². The Hall–Kier alpha value is -1.96. The number of aromatic hydroxyl groups is 1. The van der Waals surface area contributed by atoms with Crippen LogP contribution in [0, 0.1) is 0 Å². The molecule has 0 heterocycles. The van der Waals surface area contributed by atoms with E-state index in [-0.39, 0.29) is 17.9 Å². The standard InChI is InChI=1S/C15H20BrNO6/c1-15(2,3)23-14(21)17-10(13(19)20)7-8-9(16)5-6-11(22-4)12(8)18/h5-6,10,18H,7H2,1-4H3,(H,17,21)(H,19,20). The maximum atomic E-state index is 11.8. The number of carboxylic acid groups (broad SMARTS) is 1. The van der Waals surface area contributed by atoms with Crippen molar-refractivity contribution in [3.8, 4) is 11.5 Å². The molecule has 8 heteroatoms. The lowest BCUT2D eigenvalue weighted by atomic mass is 10.0. The van der Waals surface area contributed by atoms with E-state index in [1.54, 1.807) is 32.9 Å². The molecule has 0 radical (unpaired) electrons. The number of carboxylic acids is 1. The van der Waals surface area contributed by atoms with Crippen molar-refractivity contribution in [3.05, 3.63) is 22.2 Å². The Bertz CT molecular complexity index is 596. The Balaban J connectivity index is 2.98. The largest absolute Gasteiger partial charge is 0.504 e. The van der Waals surface area contributed by atoms with Gasteiger partial charge in [0.2, 0.25) is 0 Å². The van der Waals surface area contributed by atoms with E-state index in [4.69, 9.17) is 9.47 Å². The van der Waals surface area contributed by atoms with Crippen LogP contribution in [0.15, 0.2) is 16.6 Å². The quantitative estimate of drug-likeness (QED) is 0.714. The summed E-state index contributed by atoms with van der Waals surface area (Å²) in [7, 11) is 1.39. The van der Waals surface area contributed by atoms with Gasteiger partial charge in [-0.2, -0.15) is 0 Å². The lowest BCUT2D eigenvalue weighted by Gasteiger charge is -2.22. The number of ether oxygens (including phenoxy) is 2. The summed E-state index contributed by atoms with van der Waals surface area (Å²) in [5.74, 6) is -1.21. The van der Waals surface area contributed by atoms with Gasteiger partial charge in [0.15, 0.2) is 11.5 Å². The predicted molar refractivity (Wildman–Crippen MR) is 86.9 cm³/mol. The van der Waals surface area contributed by atoms with Crippen molar-refractivity contribution in [1.29, 1.82) is 0 Å². The highest BCUT2D eigenvalue weighted by Crippen LogP contribution is 2.35. The zero-order valence-corrected chi connectivity index (χ0v) is 14.9. The number of alkyl carbamates (subject to hydrolysis) is 1. The second-order valence-electron chi connectivity index (χ2n) is 5.82. The highest BCUT2D eigenvalue weighted by atomic mass is 79.9. The van der Waals surface area contributed by atoms with Crippen molar-refractivity contribution >= 4 is 28.0 Å². The molecule has 3 N–H and O–H groups in total. The minimum absolute atomic E-state index is 0.141. The molecule has 0 saturated heterocycles. The summed E-state index contributed by atoms with van der Waals surface area (Å²) in [6, 6.07) is 1.90.